The predicted octanol–water partition coefficient (Wildman–Crippen LogP) is 5.86. The second kappa shape index (κ2) is 9.04. The standard InChI is InChI=1S/C22H29ClNO4PS/c1-22(2,3)19-13-18(20(30-19)21(25)26)24(14-15-9-11-28-12-10-15)29(4,27)17-7-5-16(23)6-8-17/h5-8,13,15H,9-12,14H2,1-4H3,(H,25,26). The molecule has 1 unspecified atom stereocenters. The first-order valence-corrected chi connectivity index (χ1v) is 13.4. The molecule has 164 valence electrons. The first-order valence-electron chi connectivity index (χ1n) is 10.1. The second-order valence-corrected chi connectivity index (χ2v) is 13.1. The number of carbonyl (C=O) groups is 1. The first-order chi connectivity index (χ1) is 14.0. The molecule has 0 amide bonds. The van der Waals surface area contributed by atoms with Crippen LogP contribution in [0, 0.1) is 5.92 Å². The lowest BCUT2D eigenvalue weighted by Crippen LogP contribution is -2.33. The van der Waals surface area contributed by atoms with Crippen molar-refractivity contribution in [3.05, 3.63) is 45.1 Å². The summed E-state index contributed by atoms with van der Waals surface area (Å²) >= 11 is 7.31. The van der Waals surface area contributed by atoms with E-state index in [1.54, 1.807) is 30.9 Å². The molecule has 2 aromatic rings. The Morgan fingerprint density at radius 1 is 1.27 bits per heavy atom. The maximum atomic E-state index is 14.2. The van der Waals surface area contributed by atoms with E-state index in [0.717, 1.165) is 17.7 Å². The Labute approximate surface area is 187 Å². The number of benzene rings is 1. The van der Waals surface area contributed by atoms with Gasteiger partial charge in [0, 0.05) is 41.6 Å². The molecule has 1 atom stereocenters. The monoisotopic (exact) mass is 469 g/mol. The number of hydrogen-bond donors (Lipinski definition) is 1. The van der Waals surface area contributed by atoms with E-state index in [4.69, 9.17) is 16.3 Å². The van der Waals surface area contributed by atoms with Crippen LogP contribution in [-0.4, -0.2) is 37.5 Å². The van der Waals surface area contributed by atoms with Gasteiger partial charge < -0.3 is 14.5 Å². The molecule has 0 saturated carbocycles. The van der Waals surface area contributed by atoms with Crippen molar-refractivity contribution < 1.29 is 19.2 Å². The van der Waals surface area contributed by atoms with Crippen LogP contribution in [0.2, 0.25) is 5.02 Å². The summed E-state index contributed by atoms with van der Waals surface area (Å²) in [7, 11) is -3.09. The number of anilines is 1. The molecule has 0 radical (unpaired) electrons. The summed E-state index contributed by atoms with van der Waals surface area (Å²) in [5.74, 6) is -0.697. The van der Waals surface area contributed by atoms with E-state index < -0.39 is 13.3 Å². The maximum absolute atomic E-state index is 14.2. The van der Waals surface area contributed by atoms with E-state index in [1.165, 1.54) is 11.3 Å². The Balaban J connectivity index is 2.12. The average molecular weight is 470 g/mol. The van der Waals surface area contributed by atoms with E-state index in [0.29, 0.717) is 41.7 Å². The van der Waals surface area contributed by atoms with Crippen LogP contribution in [0.5, 0.6) is 0 Å². The van der Waals surface area contributed by atoms with Gasteiger partial charge >= 0.3 is 5.97 Å². The Morgan fingerprint density at radius 3 is 2.40 bits per heavy atom. The van der Waals surface area contributed by atoms with Gasteiger partial charge in [-0.3, -0.25) is 4.57 Å². The van der Waals surface area contributed by atoms with Crippen LogP contribution in [0.1, 0.15) is 48.2 Å². The van der Waals surface area contributed by atoms with Crippen LogP contribution in [0.15, 0.2) is 30.3 Å². The molecule has 1 N–H and O–H groups in total. The topological polar surface area (TPSA) is 66.8 Å². The summed E-state index contributed by atoms with van der Waals surface area (Å²) in [6.07, 6.45) is 1.74. The number of nitrogens with zero attached hydrogens (tertiary/aromatic N) is 1. The molecule has 1 saturated heterocycles. The fourth-order valence-electron chi connectivity index (χ4n) is 3.59. The predicted molar refractivity (Wildman–Crippen MR) is 125 cm³/mol. The Bertz CT molecular complexity index is 945. The number of rotatable bonds is 6. The number of halogens is 1. The molecule has 8 heteroatoms. The van der Waals surface area contributed by atoms with Crippen LogP contribution in [0.3, 0.4) is 0 Å². The number of thiophene rings is 1. The van der Waals surface area contributed by atoms with Crippen molar-refractivity contribution in [2.24, 2.45) is 5.92 Å². The molecule has 1 aliphatic heterocycles. The van der Waals surface area contributed by atoms with Gasteiger partial charge in [0.25, 0.3) is 0 Å². The number of aromatic carboxylic acids is 1. The smallest absolute Gasteiger partial charge is 0.348 e. The first kappa shape index (κ1) is 23.3. The van der Waals surface area contributed by atoms with Crippen LogP contribution in [0.4, 0.5) is 5.69 Å². The summed E-state index contributed by atoms with van der Waals surface area (Å²) < 4.78 is 21.5. The third-order valence-electron chi connectivity index (χ3n) is 5.46. The molecule has 1 aliphatic rings. The summed E-state index contributed by atoms with van der Waals surface area (Å²) in [5.41, 5.74) is 0.347. The average Bonchev–Trinajstić information content (AvgIpc) is 3.13. The van der Waals surface area contributed by atoms with Crippen molar-refractivity contribution in [2.75, 3.05) is 31.1 Å². The van der Waals surface area contributed by atoms with Crippen LogP contribution < -0.4 is 9.97 Å². The van der Waals surface area contributed by atoms with Crippen LogP contribution >= 0.6 is 30.2 Å². The van der Waals surface area contributed by atoms with E-state index in [1.807, 2.05) is 10.7 Å². The Kier molecular flexibility index (Phi) is 7.03. The third kappa shape index (κ3) is 5.11. The molecule has 2 heterocycles. The molecule has 3 rings (SSSR count). The zero-order valence-electron chi connectivity index (χ0n) is 17.9. The lowest BCUT2D eigenvalue weighted by Gasteiger charge is -2.35. The second-order valence-electron chi connectivity index (χ2n) is 8.87. The van der Waals surface area contributed by atoms with Crippen molar-refractivity contribution in [2.45, 2.75) is 39.0 Å². The largest absolute Gasteiger partial charge is 0.477 e. The summed E-state index contributed by atoms with van der Waals surface area (Å²) in [6, 6.07) is 8.92. The van der Waals surface area contributed by atoms with E-state index >= 15 is 0 Å². The van der Waals surface area contributed by atoms with Crippen LogP contribution in [0.25, 0.3) is 0 Å². The lowest BCUT2D eigenvalue weighted by molar-refractivity contribution is 0.0685. The van der Waals surface area contributed by atoms with Crippen molar-refractivity contribution >= 4 is 47.2 Å². The van der Waals surface area contributed by atoms with E-state index in [-0.39, 0.29) is 10.3 Å². The highest BCUT2D eigenvalue weighted by atomic mass is 35.5. The molecular weight excluding hydrogens is 441 g/mol. The molecule has 0 bridgehead atoms. The highest BCUT2D eigenvalue weighted by Crippen LogP contribution is 2.52. The molecule has 1 aromatic carbocycles. The number of carboxylic acids is 1. The Morgan fingerprint density at radius 2 is 1.87 bits per heavy atom. The highest BCUT2D eigenvalue weighted by Gasteiger charge is 2.35. The van der Waals surface area contributed by atoms with Gasteiger partial charge in [0.2, 0.25) is 0 Å². The molecule has 0 spiro atoms. The minimum Gasteiger partial charge on any atom is -0.477 e. The number of hydrogen-bond acceptors (Lipinski definition) is 4. The molecular formula is C22H29ClNO4PS. The minimum atomic E-state index is -3.09. The van der Waals surface area contributed by atoms with E-state index in [2.05, 4.69) is 20.8 Å². The SMILES string of the molecule is CC(C)(C)c1cc(N(CC2CCOCC2)P(C)(=O)c2ccc(Cl)cc2)c(C(=O)O)s1. The van der Waals surface area contributed by atoms with Gasteiger partial charge in [0.15, 0.2) is 7.29 Å². The van der Waals surface area contributed by atoms with Crippen molar-refractivity contribution in [1.82, 2.24) is 0 Å². The normalized spacial score (nSPS) is 17.5. The Hall–Kier alpha value is -1.33. The van der Waals surface area contributed by atoms with Gasteiger partial charge in [0.1, 0.15) is 4.88 Å². The van der Waals surface area contributed by atoms with Gasteiger partial charge in [-0.2, -0.15) is 0 Å². The van der Waals surface area contributed by atoms with Gasteiger partial charge in [-0.1, -0.05) is 32.4 Å². The van der Waals surface area contributed by atoms with Gasteiger partial charge in [-0.15, -0.1) is 11.3 Å². The highest BCUT2D eigenvalue weighted by molar-refractivity contribution is 7.72. The van der Waals surface area contributed by atoms with E-state index in [9.17, 15) is 14.5 Å². The maximum Gasteiger partial charge on any atom is 0.348 e. The van der Waals surface area contributed by atoms with Crippen LogP contribution in [-0.2, 0) is 14.7 Å². The third-order valence-corrected chi connectivity index (χ3v) is 9.81. The summed E-state index contributed by atoms with van der Waals surface area (Å²) in [4.78, 5) is 13.3. The summed E-state index contributed by atoms with van der Waals surface area (Å²) in [5, 5.41) is 11.2. The van der Waals surface area contributed by atoms with Gasteiger partial charge in [-0.05, 0) is 54.5 Å². The van der Waals surface area contributed by atoms with Crippen molar-refractivity contribution in [3.8, 4) is 0 Å². The lowest BCUT2D eigenvalue weighted by atomic mass is 9.94. The minimum absolute atomic E-state index is 0.199. The molecule has 1 aromatic heterocycles. The van der Waals surface area contributed by atoms with Crippen molar-refractivity contribution in [1.29, 1.82) is 0 Å². The zero-order chi connectivity index (χ0) is 22.1. The summed E-state index contributed by atoms with van der Waals surface area (Å²) in [6.45, 7) is 9.77. The molecule has 0 aliphatic carbocycles. The fourth-order valence-corrected chi connectivity index (χ4v) is 6.93. The number of ether oxygens (including phenoxy) is 1. The number of carboxylic acid groups (broad SMARTS) is 1. The zero-order valence-corrected chi connectivity index (χ0v) is 20.3. The quantitative estimate of drug-likeness (QED) is 0.536. The molecule has 5 nitrogen and oxygen atoms in total. The van der Waals surface area contributed by atoms with Crippen molar-refractivity contribution in [3.63, 3.8) is 0 Å². The molecule has 1 fully saturated rings. The fraction of sp³-hybridized carbons (Fsp3) is 0.500. The molecule has 30 heavy (non-hydrogen) atoms. The van der Waals surface area contributed by atoms with Gasteiger partial charge in [0.05, 0.1) is 5.69 Å². The van der Waals surface area contributed by atoms with Gasteiger partial charge in [-0.25, -0.2) is 4.79 Å².